The van der Waals surface area contributed by atoms with E-state index in [2.05, 4.69) is 5.32 Å². The number of hydrogen-bond donors (Lipinski definition) is 2. The second kappa shape index (κ2) is 5.36. The fourth-order valence-electron chi connectivity index (χ4n) is 0.454. The fourth-order valence-corrected chi connectivity index (χ4v) is 0.608. The first-order valence-electron chi connectivity index (χ1n) is 3.19. The van der Waals surface area contributed by atoms with Crippen molar-refractivity contribution in [1.82, 2.24) is 5.32 Å². The van der Waals surface area contributed by atoms with Crippen LogP contribution < -0.4 is 5.32 Å². The Hall–Kier alpha value is -0.390. The average molecular weight is 234 g/mol. The van der Waals surface area contributed by atoms with Crippen LogP contribution >= 0.6 is 23.2 Å². The molecule has 0 saturated carbocycles. The molecular weight excluding hydrogens is 227 g/mol. The van der Waals surface area contributed by atoms with Gasteiger partial charge in [-0.2, -0.15) is 8.78 Å². The number of nitrogens with one attached hydrogen (secondary N) is 1. The van der Waals surface area contributed by atoms with E-state index in [1.807, 2.05) is 0 Å². The van der Waals surface area contributed by atoms with Gasteiger partial charge in [0, 0.05) is 6.54 Å². The van der Waals surface area contributed by atoms with Crippen molar-refractivity contribution in [2.24, 2.45) is 0 Å². The molecule has 0 aromatic carbocycles. The van der Waals surface area contributed by atoms with E-state index in [4.69, 9.17) is 28.3 Å². The molecule has 0 spiro atoms. The predicted molar refractivity (Wildman–Crippen MR) is 45.2 cm³/mol. The van der Waals surface area contributed by atoms with Crippen LogP contribution in [0.3, 0.4) is 0 Å². The highest BCUT2D eigenvalue weighted by molar-refractivity contribution is 6.55. The van der Waals surface area contributed by atoms with Gasteiger partial charge < -0.3 is 10.4 Å². The van der Waals surface area contributed by atoms with Gasteiger partial charge >= 0.3 is 11.9 Å². The Morgan fingerprint density at radius 1 is 1.54 bits per heavy atom. The third kappa shape index (κ3) is 5.79. The smallest absolute Gasteiger partial charge is 0.375 e. The number of carbonyl (C=O) groups is 1. The van der Waals surface area contributed by atoms with E-state index in [0.29, 0.717) is 0 Å². The molecule has 0 heterocycles. The van der Waals surface area contributed by atoms with Gasteiger partial charge in [0.05, 0.1) is 6.54 Å². The summed E-state index contributed by atoms with van der Waals surface area (Å²) in [6, 6.07) is 0. The van der Waals surface area contributed by atoms with Crippen molar-refractivity contribution < 1.29 is 18.7 Å². The van der Waals surface area contributed by atoms with Crippen molar-refractivity contribution in [3.8, 4) is 0 Å². The van der Waals surface area contributed by atoms with Crippen LogP contribution in [0.1, 0.15) is 0 Å². The first kappa shape index (κ1) is 12.6. The van der Waals surface area contributed by atoms with Crippen molar-refractivity contribution in [3.05, 3.63) is 10.6 Å². The summed E-state index contributed by atoms with van der Waals surface area (Å²) in [7, 11) is 0. The molecule has 0 saturated heterocycles. The van der Waals surface area contributed by atoms with Crippen molar-refractivity contribution >= 4 is 29.2 Å². The van der Waals surface area contributed by atoms with Gasteiger partial charge in [-0.3, -0.25) is 0 Å². The second-order valence-corrected chi connectivity index (χ2v) is 3.14. The van der Waals surface area contributed by atoms with Crippen molar-refractivity contribution in [1.29, 1.82) is 0 Å². The van der Waals surface area contributed by atoms with Gasteiger partial charge in [0.1, 0.15) is 4.49 Å². The molecule has 0 aliphatic rings. The third-order valence-electron chi connectivity index (χ3n) is 1.06. The molecule has 3 nitrogen and oxygen atoms in total. The summed E-state index contributed by atoms with van der Waals surface area (Å²) in [6.07, 6.45) is 1.24. The summed E-state index contributed by atoms with van der Waals surface area (Å²) in [5.74, 6) is -5.94. The first-order chi connectivity index (χ1) is 5.86. The number of halogens is 4. The van der Waals surface area contributed by atoms with Crippen molar-refractivity contribution in [3.63, 3.8) is 0 Å². The van der Waals surface area contributed by atoms with E-state index in [0.717, 1.165) is 0 Å². The lowest BCUT2D eigenvalue weighted by atomic mass is 10.3. The first-order valence-corrected chi connectivity index (χ1v) is 3.95. The Bertz CT molecular complexity index is 217. The highest BCUT2D eigenvalue weighted by Gasteiger charge is 2.37. The van der Waals surface area contributed by atoms with E-state index in [-0.39, 0.29) is 11.0 Å². The van der Waals surface area contributed by atoms with E-state index in [1.54, 1.807) is 0 Å². The van der Waals surface area contributed by atoms with E-state index < -0.39 is 18.4 Å². The standard InChI is InChI=1S/C6H7Cl2F2NO2/c7-4(8)1-2-11-3-6(9,10)5(12)13/h1,11H,2-3H2,(H,12,13). The molecular formula is C6H7Cl2F2NO2. The minimum atomic E-state index is -3.77. The number of carboxylic acid groups (broad SMARTS) is 1. The van der Waals surface area contributed by atoms with Crippen molar-refractivity contribution in [2.45, 2.75) is 5.92 Å². The number of hydrogen-bond acceptors (Lipinski definition) is 2. The minimum Gasteiger partial charge on any atom is -0.477 e. The lowest BCUT2D eigenvalue weighted by Gasteiger charge is -2.10. The maximum Gasteiger partial charge on any atom is 0.375 e. The van der Waals surface area contributed by atoms with E-state index in [1.165, 1.54) is 6.08 Å². The molecule has 13 heavy (non-hydrogen) atoms. The van der Waals surface area contributed by atoms with Crippen LogP contribution in [0.2, 0.25) is 0 Å². The molecule has 0 aromatic rings. The highest BCUT2D eigenvalue weighted by atomic mass is 35.5. The Labute approximate surface area is 83.3 Å². The van der Waals surface area contributed by atoms with Gasteiger partial charge in [0.2, 0.25) is 0 Å². The summed E-state index contributed by atoms with van der Waals surface area (Å²) in [6.45, 7) is -0.967. The molecule has 0 fully saturated rings. The SMILES string of the molecule is O=C(O)C(F)(F)CNCC=C(Cl)Cl. The van der Waals surface area contributed by atoms with Gasteiger partial charge in [0.15, 0.2) is 0 Å². The maximum atomic E-state index is 12.3. The number of alkyl halides is 2. The molecule has 76 valence electrons. The maximum absolute atomic E-state index is 12.3. The summed E-state index contributed by atoms with van der Waals surface area (Å²) in [5.41, 5.74) is 0. The van der Waals surface area contributed by atoms with Gasteiger partial charge in [0.25, 0.3) is 0 Å². The van der Waals surface area contributed by atoms with E-state index in [9.17, 15) is 13.6 Å². The van der Waals surface area contributed by atoms with Gasteiger partial charge in [-0.05, 0) is 6.08 Å². The molecule has 0 aliphatic heterocycles. The average Bonchev–Trinajstić information content (AvgIpc) is 1.97. The summed E-state index contributed by atoms with van der Waals surface area (Å²) in [4.78, 5) is 9.89. The third-order valence-corrected chi connectivity index (χ3v) is 1.37. The zero-order valence-corrected chi connectivity index (χ0v) is 7.87. The van der Waals surface area contributed by atoms with E-state index >= 15 is 0 Å². The molecule has 2 N–H and O–H groups in total. The minimum absolute atomic E-state index is 0.00873. The molecule has 0 amide bonds. The van der Waals surface area contributed by atoms with Crippen LogP contribution in [-0.2, 0) is 4.79 Å². The van der Waals surface area contributed by atoms with Crippen LogP contribution in [0.15, 0.2) is 10.6 Å². The highest BCUT2D eigenvalue weighted by Crippen LogP contribution is 2.11. The second-order valence-electron chi connectivity index (χ2n) is 2.13. The fraction of sp³-hybridized carbons (Fsp3) is 0.500. The van der Waals surface area contributed by atoms with Crippen molar-refractivity contribution in [2.75, 3.05) is 13.1 Å². The Morgan fingerprint density at radius 3 is 2.46 bits per heavy atom. The van der Waals surface area contributed by atoms with Gasteiger partial charge in [-0.25, -0.2) is 4.79 Å². The molecule has 0 unspecified atom stereocenters. The lowest BCUT2D eigenvalue weighted by molar-refractivity contribution is -0.163. The normalized spacial score (nSPS) is 11.1. The quantitative estimate of drug-likeness (QED) is 0.710. The van der Waals surface area contributed by atoms with Crippen LogP contribution in [0.25, 0.3) is 0 Å². The predicted octanol–water partition coefficient (Wildman–Crippen LogP) is 1.61. The topological polar surface area (TPSA) is 49.3 Å². The van der Waals surface area contributed by atoms with Crippen LogP contribution in [-0.4, -0.2) is 30.1 Å². The Morgan fingerprint density at radius 2 is 2.08 bits per heavy atom. The van der Waals surface area contributed by atoms with Crippen LogP contribution in [0, 0.1) is 0 Å². The molecule has 0 aromatic heterocycles. The summed E-state index contributed by atoms with van der Waals surface area (Å²) in [5, 5.41) is 10.2. The van der Waals surface area contributed by atoms with Crippen LogP contribution in [0.4, 0.5) is 8.78 Å². The molecule has 0 aliphatic carbocycles. The van der Waals surface area contributed by atoms with Crippen LogP contribution in [0.5, 0.6) is 0 Å². The monoisotopic (exact) mass is 233 g/mol. The molecule has 0 rings (SSSR count). The zero-order valence-electron chi connectivity index (χ0n) is 6.36. The molecule has 0 atom stereocenters. The largest absolute Gasteiger partial charge is 0.477 e. The summed E-state index contributed by atoms with van der Waals surface area (Å²) >= 11 is 10.3. The Balaban J connectivity index is 3.77. The Kier molecular flexibility index (Phi) is 5.20. The molecule has 7 heteroatoms. The summed E-state index contributed by atoms with van der Waals surface area (Å²) < 4.78 is 24.6. The zero-order chi connectivity index (χ0) is 10.5. The number of rotatable bonds is 5. The molecule has 0 bridgehead atoms. The van der Waals surface area contributed by atoms with Gasteiger partial charge in [-0.15, -0.1) is 0 Å². The number of carboxylic acids is 1. The molecule has 0 radical (unpaired) electrons. The van der Waals surface area contributed by atoms with Gasteiger partial charge in [-0.1, -0.05) is 23.2 Å². The number of aliphatic carboxylic acids is 1. The lowest BCUT2D eigenvalue weighted by Crippen LogP contribution is -2.39.